The maximum absolute atomic E-state index is 13.6. The van der Waals surface area contributed by atoms with E-state index in [1.807, 2.05) is 30.3 Å². The van der Waals surface area contributed by atoms with Crippen LogP contribution < -0.4 is 5.32 Å². The topological polar surface area (TPSA) is 94.1 Å². The van der Waals surface area contributed by atoms with Crippen LogP contribution in [0.15, 0.2) is 65.8 Å². The molecule has 1 amide bonds. The van der Waals surface area contributed by atoms with Crippen molar-refractivity contribution < 1.29 is 28.2 Å². The molecule has 31 heavy (non-hydrogen) atoms. The van der Waals surface area contributed by atoms with Crippen molar-refractivity contribution in [2.24, 2.45) is 4.99 Å². The number of amides is 1. The van der Waals surface area contributed by atoms with Gasteiger partial charge in [0.25, 0.3) is 0 Å². The maximum Gasteiger partial charge on any atom is 0.408 e. The number of nitrogens with one attached hydrogen (secondary N) is 1. The molecule has 0 radical (unpaired) electrons. The Kier molecular flexibility index (Phi) is 7.26. The minimum Gasteiger partial charge on any atom is -0.445 e. The first kappa shape index (κ1) is 21.9. The Morgan fingerprint density at radius 1 is 1.13 bits per heavy atom. The molecule has 0 bridgehead atoms. The molecule has 160 valence electrons. The average molecular weight is 424 g/mol. The number of halogens is 1. The zero-order valence-electron chi connectivity index (χ0n) is 16.8. The van der Waals surface area contributed by atoms with E-state index in [9.17, 15) is 18.8 Å². The number of carbonyl (C=O) groups excluding carboxylic acids is 3. The van der Waals surface area contributed by atoms with Crippen LogP contribution in [0.2, 0.25) is 0 Å². The van der Waals surface area contributed by atoms with E-state index in [4.69, 9.17) is 9.47 Å². The van der Waals surface area contributed by atoms with Gasteiger partial charge in [0.1, 0.15) is 18.5 Å². The van der Waals surface area contributed by atoms with Gasteiger partial charge in [-0.25, -0.2) is 19.0 Å². The van der Waals surface area contributed by atoms with E-state index in [-0.39, 0.29) is 25.3 Å². The minimum absolute atomic E-state index is 0.0201. The lowest BCUT2D eigenvalue weighted by atomic mass is 9.97. The van der Waals surface area contributed by atoms with Crippen molar-refractivity contribution >= 4 is 29.3 Å². The van der Waals surface area contributed by atoms with E-state index < -0.39 is 29.7 Å². The highest BCUT2D eigenvalue weighted by Crippen LogP contribution is 2.25. The molecule has 8 heteroatoms. The van der Waals surface area contributed by atoms with Crippen LogP contribution in [0, 0.1) is 5.82 Å². The van der Waals surface area contributed by atoms with Crippen LogP contribution in [0.1, 0.15) is 30.9 Å². The molecule has 2 aromatic rings. The molecule has 2 aromatic carbocycles. The van der Waals surface area contributed by atoms with Crippen molar-refractivity contribution in [3.63, 3.8) is 0 Å². The molecular weight excluding hydrogens is 403 g/mol. The van der Waals surface area contributed by atoms with Crippen LogP contribution in [-0.2, 0) is 25.7 Å². The van der Waals surface area contributed by atoms with E-state index in [1.54, 1.807) is 12.1 Å². The van der Waals surface area contributed by atoms with Gasteiger partial charge >= 0.3 is 12.1 Å². The van der Waals surface area contributed by atoms with E-state index in [1.165, 1.54) is 25.3 Å². The third-order valence-corrected chi connectivity index (χ3v) is 4.52. The first-order chi connectivity index (χ1) is 15.0. The van der Waals surface area contributed by atoms with Gasteiger partial charge in [-0.2, -0.15) is 0 Å². The second-order valence-electron chi connectivity index (χ2n) is 6.76. The Labute approximate surface area is 178 Å². The molecular formula is C23H21FN2O5. The molecule has 1 unspecified atom stereocenters. The molecule has 1 N–H and O–H groups in total. The zero-order chi connectivity index (χ0) is 22.2. The molecule has 1 aliphatic heterocycles. The summed E-state index contributed by atoms with van der Waals surface area (Å²) in [4.78, 5) is 39.9. The van der Waals surface area contributed by atoms with Gasteiger partial charge in [-0.3, -0.25) is 4.79 Å². The van der Waals surface area contributed by atoms with Gasteiger partial charge < -0.3 is 14.8 Å². The van der Waals surface area contributed by atoms with Gasteiger partial charge in [0, 0.05) is 19.0 Å². The van der Waals surface area contributed by atoms with Gasteiger partial charge in [0.15, 0.2) is 0 Å². The molecule has 0 saturated carbocycles. The number of aliphatic imine (C=N–C) groups is 1. The number of alkyl carbamates (subject to hydrolysis) is 1. The Bertz CT molecular complexity index is 1030. The van der Waals surface area contributed by atoms with Crippen LogP contribution in [0.4, 0.5) is 9.18 Å². The fraction of sp³-hybridized carbons (Fsp3) is 0.217. The van der Waals surface area contributed by atoms with Crippen molar-refractivity contribution in [2.45, 2.75) is 32.4 Å². The molecule has 1 atom stereocenters. The Morgan fingerprint density at radius 3 is 2.61 bits per heavy atom. The summed E-state index contributed by atoms with van der Waals surface area (Å²) in [5, 5.41) is 2.60. The van der Waals surface area contributed by atoms with Gasteiger partial charge in [0.05, 0.1) is 0 Å². The highest BCUT2D eigenvalue weighted by Gasteiger charge is 2.29. The quantitative estimate of drug-likeness (QED) is 0.563. The number of carbonyl (C=O) groups is 3. The first-order valence-corrected chi connectivity index (χ1v) is 9.71. The molecule has 3 rings (SSSR count). The summed E-state index contributed by atoms with van der Waals surface area (Å²) in [7, 11) is 0. The standard InChI is InChI=1S/C23H21FN2O5/c1-2-20(27)22(28)31-21-19(26-23(29)30-14-15-7-4-3-5-8-15)12-17(13-25-21)16-9-6-10-18(24)11-16/h3-11,13,19H,2,12,14H2,1H3,(H,26,29). The summed E-state index contributed by atoms with van der Waals surface area (Å²) in [5.41, 5.74) is 1.99. The lowest BCUT2D eigenvalue weighted by Crippen LogP contribution is -2.44. The number of ether oxygens (including phenoxy) is 2. The predicted octanol–water partition coefficient (Wildman–Crippen LogP) is 3.79. The second-order valence-corrected chi connectivity index (χ2v) is 6.76. The molecule has 7 nitrogen and oxygen atoms in total. The Hall–Kier alpha value is -3.81. The fourth-order valence-corrected chi connectivity index (χ4v) is 2.89. The van der Waals surface area contributed by atoms with Crippen molar-refractivity contribution in [2.75, 3.05) is 0 Å². The van der Waals surface area contributed by atoms with Gasteiger partial charge in [-0.05, 0) is 28.8 Å². The third kappa shape index (κ3) is 6.08. The minimum atomic E-state index is -1.06. The average Bonchev–Trinajstić information content (AvgIpc) is 2.79. The van der Waals surface area contributed by atoms with Gasteiger partial charge in [-0.1, -0.05) is 49.4 Å². The van der Waals surface area contributed by atoms with Gasteiger partial charge in [-0.15, -0.1) is 0 Å². The number of benzene rings is 2. The van der Waals surface area contributed by atoms with Crippen LogP contribution in [-0.4, -0.2) is 29.8 Å². The van der Waals surface area contributed by atoms with Crippen LogP contribution in [0.25, 0.3) is 5.57 Å². The highest BCUT2D eigenvalue weighted by atomic mass is 19.1. The van der Waals surface area contributed by atoms with E-state index in [0.29, 0.717) is 11.1 Å². The molecule has 0 fully saturated rings. The lowest BCUT2D eigenvalue weighted by molar-refractivity contribution is -0.148. The summed E-state index contributed by atoms with van der Waals surface area (Å²) < 4.78 is 23.9. The summed E-state index contributed by atoms with van der Waals surface area (Å²) in [6, 6.07) is 14.1. The molecule has 0 saturated heterocycles. The third-order valence-electron chi connectivity index (χ3n) is 4.52. The largest absolute Gasteiger partial charge is 0.445 e. The van der Waals surface area contributed by atoms with Crippen molar-refractivity contribution in [3.05, 3.63) is 77.7 Å². The number of hydrogen-bond acceptors (Lipinski definition) is 6. The smallest absolute Gasteiger partial charge is 0.408 e. The summed E-state index contributed by atoms with van der Waals surface area (Å²) in [5.74, 6) is -2.33. The monoisotopic (exact) mass is 424 g/mol. The molecule has 1 heterocycles. The van der Waals surface area contributed by atoms with Crippen LogP contribution >= 0.6 is 0 Å². The Morgan fingerprint density at radius 2 is 1.90 bits per heavy atom. The van der Waals surface area contributed by atoms with Crippen molar-refractivity contribution in [1.82, 2.24) is 5.32 Å². The lowest BCUT2D eigenvalue weighted by Gasteiger charge is -2.24. The SMILES string of the molecule is CCC(=O)C(=O)OC1=NC=C(c2cccc(F)c2)CC1NC(=O)OCc1ccccc1. The van der Waals surface area contributed by atoms with E-state index in [0.717, 1.165) is 5.56 Å². The van der Waals surface area contributed by atoms with Crippen molar-refractivity contribution in [3.8, 4) is 0 Å². The van der Waals surface area contributed by atoms with Crippen LogP contribution in [0.5, 0.6) is 0 Å². The zero-order valence-corrected chi connectivity index (χ0v) is 16.8. The van der Waals surface area contributed by atoms with Crippen LogP contribution in [0.3, 0.4) is 0 Å². The molecule has 0 aromatic heterocycles. The number of nitrogens with zero attached hydrogens (tertiary/aromatic N) is 1. The number of esters is 1. The van der Waals surface area contributed by atoms with Gasteiger partial charge in [0.2, 0.25) is 11.7 Å². The summed E-state index contributed by atoms with van der Waals surface area (Å²) in [6.45, 7) is 1.58. The number of hydrogen-bond donors (Lipinski definition) is 1. The summed E-state index contributed by atoms with van der Waals surface area (Å²) >= 11 is 0. The maximum atomic E-state index is 13.6. The Balaban J connectivity index is 1.74. The summed E-state index contributed by atoms with van der Waals surface area (Å²) in [6.07, 6.45) is 0.811. The number of Topliss-reactive ketones (excluding diaryl/α,β-unsaturated/α-hetero) is 1. The van der Waals surface area contributed by atoms with Crippen molar-refractivity contribution in [1.29, 1.82) is 0 Å². The second kappa shape index (κ2) is 10.3. The normalized spacial score (nSPS) is 15.4. The fourth-order valence-electron chi connectivity index (χ4n) is 2.89. The first-order valence-electron chi connectivity index (χ1n) is 9.71. The number of rotatable bonds is 6. The molecule has 1 aliphatic rings. The number of ketones is 1. The predicted molar refractivity (Wildman–Crippen MR) is 111 cm³/mol. The molecule has 0 aliphatic carbocycles. The molecule has 0 spiro atoms. The van der Waals surface area contributed by atoms with E-state index >= 15 is 0 Å². The highest BCUT2D eigenvalue weighted by molar-refractivity contribution is 6.35. The van der Waals surface area contributed by atoms with E-state index in [2.05, 4.69) is 10.3 Å².